The summed E-state index contributed by atoms with van der Waals surface area (Å²) in [5.41, 5.74) is -0.477. The van der Waals surface area contributed by atoms with Gasteiger partial charge in [-0.1, -0.05) is 51.1 Å². The molecule has 1 aliphatic carbocycles. The normalized spacial score (nSPS) is 35.8. The van der Waals surface area contributed by atoms with E-state index >= 15 is 0 Å². The zero-order chi connectivity index (χ0) is 9.69. The van der Waals surface area contributed by atoms with E-state index in [1.54, 1.807) is 0 Å². The van der Waals surface area contributed by atoms with E-state index in [2.05, 4.69) is 0 Å². The first-order valence-corrected chi connectivity index (χ1v) is 4.75. The third-order valence-corrected chi connectivity index (χ3v) is 3.73. The molecule has 0 bridgehead atoms. The monoisotopic (exact) mass is 178 g/mol. The molecule has 0 aromatic heterocycles. The standard InChI is InChI=1S/C12H15F/c1-9-11(2,3)12(9,13)10-7-5-4-6-8-10/h4-9H,1-3H3. The summed E-state index contributed by atoms with van der Waals surface area (Å²) >= 11 is 0. The van der Waals surface area contributed by atoms with E-state index in [1.807, 2.05) is 51.1 Å². The number of alkyl halides is 1. The Kier molecular flexibility index (Phi) is 1.57. The third-order valence-electron chi connectivity index (χ3n) is 3.73. The number of hydrogen-bond donors (Lipinski definition) is 0. The molecule has 1 aliphatic rings. The Hall–Kier alpha value is -0.850. The van der Waals surface area contributed by atoms with E-state index < -0.39 is 5.67 Å². The van der Waals surface area contributed by atoms with Crippen LogP contribution in [-0.4, -0.2) is 0 Å². The van der Waals surface area contributed by atoms with Crippen LogP contribution in [0.4, 0.5) is 4.39 Å². The molecule has 2 unspecified atom stereocenters. The van der Waals surface area contributed by atoms with Crippen molar-refractivity contribution in [3.05, 3.63) is 35.9 Å². The van der Waals surface area contributed by atoms with E-state index in [4.69, 9.17) is 0 Å². The molecule has 1 fully saturated rings. The molecule has 1 aromatic carbocycles. The number of halogens is 1. The van der Waals surface area contributed by atoms with Crippen LogP contribution in [0.3, 0.4) is 0 Å². The first kappa shape index (κ1) is 8.74. The average Bonchev–Trinajstić information content (AvgIpc) is 2.53. The lowest BCUT2D eigenvalue weighted by atomic mass is 10.0. The fourth-order valence-corrected chi connectivity index (χ4v) is 2.26. The molecule has 1 heteroatoms. The van der Waals surface area contributed by atoms with Crippen molar-refractivity contribution in [3.8, 4) is 0 Å². The Morgan fingerprint density at radius 1 is 1.15 bits per heavy atom. The lowest BCUT2D eigenvalue weighted by Gasteiger charge is -2.10. The Labute approximate surface area is 78.8 Å². The summed E-state index contributed by atoms with van der Waals surface area (Å²) in [7, 11) is 0. The number of rotatable bonds is 1. The van der Waals surface area contributed by atoms with E-state index in [0.717, 1.165) is 5.56 Å². The average molecular weight is 178 g/mol. The van der Waals surface area contributed by atoms with E-state index in [9.17, 15) is 4.39 Å². The Morgan fingerprint density at radius 2 is 1.62 bits per heavy atom. The van der Waals surface area contributed by atoms with Gasteiger partial charge in [0.2, 0.25) is 0 Å². The fraction of sp³-hybridized carbons (Fsp3) is 0.500. The van der Waals surface area contributed by atoms with Gasteiger partial charge in [0, 0.05) is 11.3 Å². The predicted octanol–water partition coefficient (Wildman–Crippen LogP) is 3.53. The van der Waals surface area contributed by atoms with Crippen LogP contribution in [0.15, 0.2) is 30.3 Å². The maximum Gasteiger partial charge on any atom is 0.144 e. The maximum absolute atomic E-state index is 14.4. The molecule has 0 spiro atoms. The summed E-state index contributed by atoms with van der Waals surface area (Å²) in [6, 6.07) is 9.49. The molecule has 2 rings (SSSR count). The van der Waals surface area contributed by atoms with Gasteiger partial charge in [0.15, 0.2) is 0 Å². The van der Waals surface area contributed by atoms with Gasteiger partial charge in [-0.15, -0.1) is 0 Å². The molecule has 0 nitrogen and oxygen atoms in total. The molecule has 2 atom stereocenters. The highest BCUT2D eigenvalue weighted by Crippen LogP contribution is 2.70. The lowest BCUT2D eigenvalue weighted by Crippen LogP contribution is -2.07. The lowest BCUT2D eigenvalue weighted by molar-refractivity contribution is 0.243. The first-order valence-electron chi connectivity index (χ1n) is 4.75. The number of hydrogen-bond acceptors (Lipinski definition) is 0. The minimum absolute atomic E-state index is 0.127. The van der Waals surface area contributed by atoms with Crippen LogP contribution >= 0.6 is 0 Å². The summed E-state index contributed by atoms with van der Waals surface area (Å²) in [4.78, 5) is 0. The second-order valence-corrected chi connectivity index (χ2v) is 4.52. The fourth-order valence-electron chi connectivity index (χ4n) is 2.26. The largest absolute Gasteiger partial charge is 0.238 e. The first-order chi connectivity index (χ1) is 6.01. The topological polar surface area (TPSA) is 0 Å². The van der Waals surface area contributed by atoms with Gasteiger partial charge in [0.1, 0.15) is 5.67 Å². The second kappa shape index (κ2) is 2.34. The predicted molar refractivity (Wildman–Crippen MR) is 52.2 cm³/mol. The summed E-state index contributed by atoms with van der Waals surface area (Å²) in [5.74, 6) is 0.127. The minimum Gasteiger partial charge on any atom is -0.238 e. The van der Waals surface area contributed by atoms with Crippen molar-refractivity contribution in [2.45, 2.75) is 26.4 Å². The second-order valence-electron chi connectivity index (χ2n) is 4.52. The van der Waals surface area contributed by atoms with E-state index in [1.165, 1.54) is 0 Å². The van der Waals surface area contributed by atoms with Gasteiger partial charge in [-0.05, 0) is 5.56 Å². The van der Waals surface area contributed by atoms with Crippen LogP contribution in [0.1, 0.15) is 26.3 Å². The molecular weight excluding hydrogens is 163 g/mol. The number of benzene rings is 1. The zero-order valence-electron chi connectivity index (χ0n) is 8.34. The molecule has 0 saturated heterocycles. The van der Waals surface area contributed by atoms with Gasteiger partial charge in [-0.2, -0.15) is 0 Å². The highest BCUT2D eigenvalue weighted by Gasteiger charge is 2.70. The van der Waals surface area contributed by atoms with Crippen LogP contribution < -0.4 is 0 Å². The summed E-state index contributed by atoms with van der Waals surface area (Å²) in [5, 5.41) is 0. The van der Waals surface area contributed by atoms with Crippen molar-refractivity contribution in [1.82, 2.24) is 0 Å². The molecule has 70 valence electrons. The van der Waals surface area contributed by atoms with Gasteiger partial charge < -0.3 is 0 Å². The SMILES string of the molecule is CC1C(C)(C)C1(F)c1ccccc1. The van der Waals surface area contributed by atoms with Crippen molar-refractivity contribution in [1.29, 1.82) is 0 Å². The van der Waals surface area contributed by atoms with Crippen LogP contribution in [-0.2, 0) is 5.67 Å². The van der Waals surface area contributed by atoms with Crippen molar-refractivity contribution in [2.75, 3.05) is 0 Å². The van der Waals surface area contributed by atoms with Gasteiger partial charge >= 0.3 is 0 Å². The molecule has 13 heavy (non-hydrogen) atoms. The van der Waals surface area contributed by atoms with Crippen molar-refractivity contribution in [3.63, 3.8) is 0 Å². The smallest absolute Gasteiger partial charge is 0.144 e. The molecule has 0 N–H and O–H groups in total. The molecule has 1 aromatic rings. The van der Waals surface area contributed by atoms with Crippen molar-refractivity contribution in [2.24, 2.45) is 11.3 Å². The van der Waals surface area contributed by atoms with Crippen LogP contribution in [0.2, 0.25) is 0 Å². The highest BCUT2D eigenvalue weighted by molar-refractivity contribution is 5.35. The summed E-state index contributed by atoms with van der Waals surface area (Å²) in [6.07, 6.45) is 0. The van der Waals surface area contributed by atoms with Crippen LogP contribution in [0.25, 0.3) is 0 Å². The molecule has 0 heterocycles. The molecule has 0 radical (unpaired) electrons. The summed E-state index contributed by atoms with van der Waals surface area (Å²) in [6.45, 7) is 5.96. The van der Waals surface area contributed by atoms with Crippen LogP contribution in [0.5, 0.6) is 0 Å². The Balaban J connectivity index is 2.40. The summed E-state index contributed by atoms with van der Waals surface area (Å²) < 4.78 is 14.4. The van der Waals surface area contributed by atoms with Crippen molar-refractivity contribution >= 4 is 0 Å². The van der Waals surface area contributed by atoms with Crippen LogP contribution in [0, 0.1) is 11.3 Å². The maximum atomic E-state index is 14.4. The van der Waals surface area contributed by atoms with Gasteiger partial charge in [-0.3, -0.25) is 0 Å². The van der Waals surface area contributed by atoms with Crippen molar-refractivity contribution < 1.29 is 4.39 Å². The Morgan fingerprint density at radius 3 is 2.00 bits per heavy atom. The van der Waals surface area contributed by atoms with E-state index in [-0.39, 0.29) is 11.3 Å². The van der Waals surface area contributed by atoms with Gasteiger partial charge in [0.25, 0.3) is 0 Å². The van der Waals surface area contributed by atoms with Gasteiger partial charge in [0.05, 0.1) is 0 Å². The molecule has 0 aliphatic heterocycles. The minimum atomic E-state index is -1.10. The quantitative estimate of drug-likeness (QED) is 0.617. The molecule has 0 amide bonds. The van der Waals surface area contributed by atoms with E-state index in [0.29, 0.717) is 0 Å². The highest BCUT2D eigenvalue weighted by atomic mass is 19.1. The molecule has 1 saturated carbocycles. The third kappa shape index (κ3) is 0.903. The zero-order valence-corrected chi connectivity index (χ0v) is 8.34. The molecular formula is C12H15F. The van der Waals surface area contributed by atoms with Gasteiger partial charge in [-0.25, -0.2) is 4.39 Å². The Bertz CT molecular complexity index is 315.